The summed E-state index contributed by atoms with van der Waals surface area (Å²) in [5.41, 5.74) is 1.67. The summed E-state index contributed by atoms with van der Waals surface area (Å²) in [6.45, 7) is 0. The smallest absolute Gasteiger partial charge is 0.255 e. The molecule has 0 aliphatic rings. The Hall–Kier alpha value is -2.96. The standard InChI is InChI=1S/C18H11Cl2N5O/c19-13-3-1-4-14(20)15(13)22-17(26)12-7-5-11(6-8-12)16-23-24-18-21-9-2-10-25(16)18/h1-10H,(H,22,26). The molecule has 4 aromatic rings. The fourth-order valence-electron chi connectivity index (χ4n) is 2.51. The molecule has 8 heteroatoms. The van der Waals surface area contributed by atoms with E-state index in [1.807, 2.05) is 6.20 Å². The molecule has 0 unspecified atom stereocenters. The monoisotopic (exact) mass is 383 g/mol. The number of nitrogens with one attached hydrogen (secondary N) is 1. The fourth-order valence-corrected chi connectivity index (χ4v) is 3.01. The Morgan fingerprint density at radius 1 is 0.962 bits per heavy atom. The van der Waals surface area contributed by atoms with Gasteiger partial charge in [0.25, 0.3) is 11.7 Å². The van der Waals surface area contributed by atoms with E-state index in [1.165, 1.54) is 0 Å². The number of rotatable bonds is 3. The van der Waals surface area contributed by atoms with E-state index >= 15 is 0 Å². The van der Waals surface area contributed by atoms with Crippen LogP contribution in [0.2, 0.25) is 10.0 Å². The fraction of sp³-hybridized carbons (Fsp3) is 0. The van der Waals surface area contributed by atoms with Gasteiger partial charge < -0.3 is 5.32 Å². The second-order valence-electron chi connectivity index (χ2n) is 5.44. The quantitative estimate of drug-likeness (QED) is 0.570. The van der Waals surface area contributed by atoms with Crippen molar-refractivity contribution in [3.8, 4) is 11.4 Å². The highest BCUT2D eigenvalue weighted by atomic mass is 35.5. The van der Waals surface area contributed by atoms with Gasteiger partial charge in [0.05, 0.1) is 15.7 Å². The van der Waals surface area contributed by atoms with Crippen LogP contribution in [0, 0.1) is 0 Å². The summed E-state index contributed by atoms with van der Waals surface area (Å²) in [5, 5.41) is 11.7. The first-order chi connectivity index (χ1) is 12.6. The summed E-state index contributed by atoms with van der Waals surface area (Å²) >= 11 is 12.2. The summed E-state index contributed by atoms with van der Waals surface area (Å²) < 4.78 is 1.78. The normalized spacial score (nSPS) is 10.8. The largest absolute Gasteiger partial charge is 0.319 e. The lowest BCUT2D eigenvalue weighted by Gasteiger charge is -2.09. The Kier molecular flexibility index (Phi) is 4.28. The lowest BCUT2D eigenvalue weighted by atomic mass is 10.1. The first-order valence-corrected chi connectivity index (χ1v) is 8.40. The van der Waals surface area contributed by atoms with Crippen molar-refractivity contribution in [3.05, 3.63) is 76.5 Å². The second-order valence-corrected chi connectivity index (χ2v) is 6.26. The Morgan fingerprint density at radius 2 is 1.69 bits per heavy atom. The second kappa shape index (κ2) is 6.74. The van der Waals surface area contributed by atoms with E-state index in [0.717, 1.165) is 5.56 Å². The number of fused-ring (bicyclic) bond motifs is 1. The predicted octanol–water partition coefficient (Wildman–Crippen LogP) is 4.35. The number of amides is 1. The highest BCUT2D eigenvalue weighted by Gasteiger charge is 2.13. The molecule has 2 aromatic heterocycles. The minimum Gasteiger partial charge on any atom is -0.319 e. The summed E-state index contributed by atoms with van der Waals surface area (Å²) in [4.78, 5) is 16.6. The lowest BCUT2D eigenvalue weighted by molar-refractivity contribution is 0.102. The highest BCUT2D eigenvalue weighted by Crippen LogP contribution is 2.30. The Morgan fingerprint density at radius 3 is 2.42 bits per heavy atom. The molecule has 0 saturated carbocycles. The van der Waals surface area contributed by atoms with Gasteiger partial charge in [0.15, 0.2) is 5.82 Å². The zero-order chi connectivity index (χ0) is 18.1. The van der Waals surface area contributed by atoms with Gasteiger partial charge in [-0.2, -0.15) is 0 Å². The zero-order valence-electron chi connectivity index (χ0n) is 13.2. The van der Waals surface area contributed by atoms with Crippen molar-refractivity contribution in [1.29, 1.82) is 0 Å². The van der Waals surface area contributed by atoms with Crippen LogP contribution in [0.15, 0.2) is 60.9 Å². The van der Waals surface area contributed by atoms with Crippen LogP contribution < -0.4 is 5.32 Å². The minimum atomic E-state index is -0.306. The average molecular weight is 384 g/mol. The maximum atomic E-state index is 12.5. The van der Waals surface area contributed by atoms with Crippen LogP contribution in [0.3, 0.4) is 0 Å². The van der Waals surface area contributed by atoms with E-state index in [-0.39, 0.29) is 5.91 Å². The highest BCUT2D eigenvalue weighted by molar-refractivity contribution is 6.40. The van der Waals surface area contributed by atoms with Crippen molar-refractivity contribution >= 4 is 40.6 Å². The third-order valence-electron chi connectivity index (χ3n) is 3.80. The van der Waals surface area contributed by atoms with E-state index in [9.17, 15) is 4.79 Å². The molecule has 0 radical (unpaired) electrons. The first kappa shape index (κ1) is 16.5. The Balaban J connectivity index is 1.61. The van der Waals surface area contributed by atoms with Gasteiger partial charge in [0, 0.05) is 23.5 Å². The van der Waals surface area contributed by atoms with Crippen LogP contribution in [-0.2, 0) is 0 Å². The van der Waals surface area contributed by atoms with Gasteiger partial charge in [-0.3, -0.25) is 9.20 Å². The SMILES string of the molecule is O=C(Nc1c(Cl)cccc1Cl)c1ccc(-c2nnc3ncccn23)cc1. The van der Waals surface area contributed by atoms with Crippen molar-refractivity contribution < 1.29 is 4.79 Å². The van der Waals surface area contributed by atoms with Gasteiger partial charge in [0.2, 0.25) is 0 Å². The topological polar surface area (TPSA) is 72.2 Å². The van der Waals surface area contributed by atoms with Gasteiger partial charge in [0.1, 0.15) is 0 Å². The Labute approximate surface area is 158 Å². The average Bonchev–Trinajstić information content (AvgIpc) is 3.09. The van der Waals surface area contributed by atoms with E-state index in [4.69, 9.17) is 23.2 Å². The summed E-state index contributed by atoms with van der Waals surface area (Å²) in [5.74, 6) is 0.853. The van der Waals surface area contributed by atoms with Crippen molar-refractivity contribution in [2.45, 2.75) is 0 Å². The van der Waals surface area contributed by atoms with Crippen LogP contribution in [-0.4, -0.2) is 25.5 Å². The third kappa shape index (κ3) is 3.00. The molecule has 0 aliphatic carbocycles. The lowest BCUT2D eigenvalue weighted by Crippen LogP contribution is -2.12. The maximum Gasteiger partial charge on any atom is 0.255 e. The van der Waals surface area contributed by atoms with Crippen LogP contribution in [0.25, 0.3) is 17.2 Å². The molecule has 0 fully saturated rings. The van der Waals surface area contributed by atoms with E-state index in [2.05, 4.69) is 20.5 Å². The molecule has 128 valence electrons. The first-order valence-electron chi connectivity index (χ1n) is 7.65. The van der Waals surface area contributed by atoms with Crippen molar-refractivity contribution in [3.63, 3.8) is 0 Å². The molecule has 0 atom stereocenters. The summed E-state index contributed by atoms with van der Waals surface area (Å²) in [6.07, 6.45) is 3.48. The summed E-state index contributed by atoms with van der Waals surface area (Å²) in [7, 11) is 0. The maximum absolute atomic E-state index is 12.5. The number of nitrogens with zero attached hydrogens (tertiary/aromatic N) is 4. The number of benzene rings is 2. The van der Waals surface area contributed by atoms with Gasteiger partial charge in [-0.25, -0.2) is 4.98 Å². The van der Waals surface area contributed by atoms with Gasteiger partial charge >= 0.3 is 0 Å². The van der Waals surface area contributed by atoms with E-state index < -0.39 is 0 Å². The summed E-state index contributed by atoms with van der Waals surface area (Å²) in [6, 6.07) is 13.8. The molecule has 1 N–H and O–H groups in total. The molecule has 2 aromatic carbocycles. The number of anilines is 1. The molecule has 26 heavy (non-hydrogen) atoms. The van der Waals surface area contributed by atoms with E-state index in [1.54, 1.807) is 59.1 Å². The third-order valence-corrected chi connectivity index (χ3v) is 4.43. The molecule has 2 heterocycles. The minimum absolute atomic E-state index is 0.306. The van der Waals surface area contributed by atoms with Crippen molar-refractivity contribution in [2.75, 3.05) is 5.32 Å². The molecular weight excluding hydrogens is 373 g/mol. The molecule has 0 bridgehead atoms. The van der Waals surface area contributed by atoms with E-state index in [0.29, 0.717) is 32.9 Å². The number of hydrogen-bond donors (Lipinski definition) is 1. The van der Waals surface area contributed by atoms with Crippen LogP contribution in [0.4, 0.5) is 5.69 Å². The zero-order valence-corrected chi connectivity index (χ0v) is 14.7. The van der Waals surface area contributed by atoms with Gasteiger partial charge in [-0.05, 0) is 30.3 Å². The van der Waals surface area contributed by atoms with Crippen molar-refractivity contribution in [1.82, 2.24) is 19.6 Å². The molecular formula is C18H11Cl2N5O. The molecule has 0 aliphatic heterocycles. The molecule has 1 amide bonds. The number of halogens is 2. The number of hydrogen-bond acceptors (Lipinski definition) is 4. The predicted molar refractivity (Wildman–Crippen MR) is 101 cm³/mol. The molecule has 0 spiro atoms. The van der Waals surface area contributed by atoms with Crippen LogP contribution in [0.5, 0.6) is 0 Å². The number of carbonyl (C=O) groups excluding carboxylic acids is 1. The number of aromatic nitrogens is 4. The van der Waals surface area contributed by atoms with Gasteiger partial charge in [-0.15, -0.1) is 10.2 Å². The van der Waals surface area contributed by atoms with Gasteiger partial charge in [-0.1, -0.05) is 41.4 Å². The molecule has 4 rings (SSSR count). The van der Waals surface area contributed by atoms with Crippen molar-refractivity contribution in [2.24, 2.45) is 0 Å². The molecule has 0 saturated heterocycles. The number of carbonyl (C=O) groups is 1. The number of para-hydroxylation sites is 1. The van der Waals surface area contributed by atoms with Crippen LogP contribution in [0.1, 0.15) is 10.4 Å². The van der Waals surface area contributed by atoms with Crippen LogP contribution >= 0.6 is 23.2 Å². The Bertz CT molecular complexity index is 1090. The molecule has 6 nitrogen and oxygen atoms in total.